The lowest BCUT2D eigenvalue weighted by atomic mass is 10.1. The SMILES string of the molecule is Cc1ccc(-n2c(S[C@H](C)C(=O)Nc3ccc(Cl)c(C(F)(F)F)c3)nnc2-c2cccnc2)c(C)c1. The lowest BCUT2D eigenvalue weighted by Gasteiger charge is -2.16. The van der Waals surface area contributed by atoms with Crippen LogP contribution < -0.4 is 5.32 Å². The molecule has 2 aromatic heterocycles. The van der Waals surface area contributed by atoms with Crippen molar-refractivity contribution < 1.29 is 18.0 Å². The van der Waals surface area contributed by atoms with Gasteiger partial charge in [-0.2, -0.15) is 13.2 Å². The number of anilines is 1. The maximum absolute atomic E-state index is 13.2. The first kappa shape index (κ1) is 25.7. The maximum Gasteiger partial charge on any atom is 0.417 e. The number of nitrogens with zero attached hydrogens (tertiary/aromatic N) is 4. The number of rotatable bonds is 6. The molecule has 4 rings (SSSR count). The highest BCUT2D eigenvalue weighted by atomic mass is 35.5. The zero-order valence-corrected chi connectivity index (χ0v) is 21.0. The van der Waals surface area contributed by atoms with Crippen molar-refractivity contribution in [2.45, 2.75) is 37.4 Å². The van der Waals surface area contributed by atoms with E-state index in [-0.39, 0.29) is 5.69 Å². The van der Waals surface area contributed by atoms with Gasteiger partial charge < -0.3 is 5.32 Å². The van der Waals surface area contributed by atoms with Gasteiger partial charge in [0.05, 0.1) is 21.5 Å². The molecule has 1 atom stereocenters. The Morgan fingerprint density at radius 1 is 1.11 bits per heavy atom. The Hall–Kier alpha value is -3.37. The van der Waals surface area contributed by atoms with Gasteiger partial charge in [-0.15, -0.1) is 10.2 Å². The van der Waals surface area contributed by atoms with Crippen LogP contribution in [0.4, 0.5) is 18.9 Å². The number of hydrogen-bond acceptors (Lipinski definition) is 5. The molecule has 0 aliphatic heterocycles. The number of benzene rings is 2. The van der Waals surface area contributed by atoms with Crippen LogP contribution >= 0.6 is 23.4 Å². The largest absolute Gasteiger partial charge is 0.417 e. The molecular formula is C25H21ClF3N5OS. The van der Waals surface area contributed by atoms with E-state index in [1.54, 1.807) is 25.4 Å². The molecule has 4 aromatic rings. The first-order chi connectivity index (χ1) is 17.0. The lowest BCUT2D eigenvalue weighted by molar-refractivity contribution is -0.137. The third-order valence-electron chi connectivity index (χ3n) is 5.34. The van der Waals surface area contributed by atoms with Gasteiger partial charge in [-0.1, -0.05) is 41.1 Å². The molecule has 0 saturated carbocycles. The molecule has 186 valence electrons. The molecule has 2 aromatic carbocycles. The Kier molecular flexibility index (Phi) is 7.37. The first-order valence-corrected chi connectivity index (χ1v) is 12.1. The van der Waals surface area contributed by atoms with Crippen molar-refractivity contribution in [1.29, 1.82) is 0 Å². The van der Waals surface area contributed by atoms with Gasteiger partial charge >= 0.3 is 6.18 Å². The van der Waals surface area contributed by atoms with Crippen molar-refractivity contribution in [1.82, 2.24) is 19.7 Å². The fraction of sp³-hybridized carbons (Fsp3) is 0.200. The van der Waals surface area contributed by atoms with Crippen LogP contribution in [-0.4, -0.2) is 30.9 Å². The summed E-state index contributed by atoms with van der Waals surface area (Å²) in [4.78, 5) is 17.1. The molecule has 0 spiro atoms. The molecule has 0 unspecified atom stereocenters. The Morgan fingerprint density at radius 2 is 1.89 bits per heavy atom. The van der Waals surface area contributed by atoms with Gasteiger partial charge in [0, 0.05) is 23.6 Å². The predicted molar refractivity (Wildman–Crippen MR) is 134 cm³/mol. The van der Waals surface area contributed by atoms with Gasteiger partial charge in [0.25, 0.3) is 0 Å². The number of pyridine rings is 1. The Morgan fingerprint density at radius 3 is 2.56 bits per heavy atom. The summed E-state index contributed by atoms with van der Waals surface area (Å²) in [5.74, 6) is 0.0613. The van der Waals surface area contributed by atoms with Crippen LogP contribution in [0.15, 0.2) is 66.1 Å². The highest BCUT2D eigenvalue weighted by Gasteiger charge is 2.33. The fourth-order valence-electron chi connectivity index (χ4n) is 3.58. The molecule has 0 aliphatic rings. The van der Waals surface area contributed by atoms with E-state index in [0.29, 0.717) is 11.0 Å². The summed E-state index contributed by atoms with van der Waals surface area (Å²) in [7, 11) is 0. The molecule has 0 fully saturated rings. The smallest absolute Gasteiger partial charge is 0.325 e. The number of hydrogen-bond donors (Lipinski definition) is 1. The van der Waals surface area contributed by atoms with E-state index in [0.717, 1.165) is 46.3 Å². The summed E-state index contributed by atoms with van der Waals surface area (Å²) in [6.45, 7) is 5.61. The quantitative estimate of drug-likeness (QED) is 0.279. The third-order valence-corrected chi connectivity index (χ3v) is 6.71. The van der Waals surface area contributed by atoms with E-state index in [9.17, 15) is 18.0 Å². The van der Waals surface area contributed by atoms with Crippen LogP contribution in [0, 0.1) is 13.8 Å². The number of thioether (sulfide) groups is 1. The van der Waals surface area contributed by atoms with Crippen molar-refractivity contribution in [3.05, 3.63) is 82.6 Å². The predicted octanol–water partition coefficient (Wildman–Crippen LogP) is 6.74. The van der Waals surface area contributed by atoms with Crippen LogP contribution in [0.5, 0.6) is 0 Å². The second-order valence-corrected chi connectivity index (χ2v) is 9.83. The minimum Gasteiger partial charge on any atom is -0.325 e. The molecule has 2 heterocycles. The standard InChI is InChI=1S/C25H21ClF3N5OS/c1-14-6-9-21(15(2)11-14)34-22(17-5-4-10-30-13-17)32-33-24(34)36-16(3)23(35)31-18-7-8-20(26)19(12-18)25(27,28)29/h4-13,16H,1-3H3,(H,31,35)/t16-/m1/s1. The maximum atomic E-state index is 13.2. The van der Waals surface area contributed by atoms with Crippen LogP contribution in [0.1, 0.15) is 23.6 Å². The van der Waals surface area contributed by atoms with Crippen molar-refractivity contribution in [3.63, 3.8) is 0 Å². The Labute approximate surface area is 214 Å². The second-order valence-electron chi connectivity index (χ2n) is 8.11. The molecule has 0 radical (unpaired) electrons. The van der Waals surface area contributed by atoms with E-state index < -0.39 is 27.9 Å². The van der Waals surface area contributed by atoms with Crippen LogP contribution in [0.2, 0.25) is 5.02 Å². The zero-order chi connectivity index (χ0) is 26.0. The zero-order valence-electron chi connectivity index (χ0n) is 19.5. The Balaban J connectivity index is 1.64. The highest BCUT2D eigenvalue weighted by Crippen LogP contribution is 2.37. The van der Waals surface area contributed by atoms with Crippen molar-refractivity contribution in [2.75, 3.05) is 5.32 Å². The summed E-state index contributed by atoms with van der Waals surface area (Å²) in [5.41, 5.74) is 2.64. The van der Waals surface area contributed by atoms with E-state index in [2.05, 4.69) is 20.5 Å². The van der Waals surface area contributed by atoms with Crippen LogP contribution in [-0.2, 0) is 11.0 Å². The number of carbonyl (C=O) groups excluding carboxylic acids is 1. The third kappa shape index (κ3) is 5.55. The second kappa shape index (κ2) is 10.3. The van der Waals surface area contributed by atoms with E-state index in [4.69, 9.17) is 11.6 Å². The summed E-state index contributed by atoms with van der Waals surface area (Å²) in [6, 6.07) is 12.9. The highest BCUT2D eigenvalue weighted by molar-refractivity contribution is 8.00. The number of aromatic nitrogens is 4. The Bertz CT molecular complexity index is 1410. The molecule has 1 N–H and O–H groups in total. The van der Waals surface area contributed by atoms with E-state index in [1.807, 2.05) is 42.7 Å². The first-order valence-electron chi connectivity index (χ1n) is 10.8. The number of nitrogens with one attached hydrogen (secondary N) is 1. The monoisotopic (exact) mass is 531 g/mol. The summed E-state index contributed by atoms with van der Waals surface area (Å²) in [5, 5.41) is 10.5. The van der Waals surface area contributed by atoms with Gasteiger partial charge in [0.1, 0.15) is 0 Å². The number of alkyl halides is 3. The molecule has 11 heteroatoms. The van der Waals surface area contributed by atoms with E-state index >= 15 is 0 Å². The van der Waals surface area contributed by atoms with Crippen LogP contribution in [0.25, 0.3) is 17.1 Å². The lowest BCUT2D eigenvalue weighted by Crippen LogP contribution is -2.23. The van der Waals surface area contributed by atoms with Gasteiger partial charge in [-0.05, 0) is 62.7 Å². The van der Waals surface area contributed by atoms with Crippen molar-refractivity contribution in [3.8, 4) is 17.1 Å². The molecule has 0 saturated heterocycles. The molecule has 6 nitrogen and oxygen atoms in total. The van der Waals surface area contributed by atoms with Gasteiger partial charge in [-0.3, -0.25) is 14.3 Å². The topological polar surface area (TPSA) is 72.7 Å². The van der Waals surface area contributed by atoms with Crippen LogP contribution in [0.3, 0.4) is 0 Å². The minimum atomic E-state index is -4.64. The van der Waals surface area contributed by atoms with Gasteiger partial charge in [-0.25, -0.2) is 0 Å². The van der Waals surface area contributed by atoms with E-state index in [1.165, 1.54) is 6.07 Å². The van der Waals surface area contributed by atoms with Gasteiger partial charge in [0.15, 0.2) is 11.0 Å². The average Bonchev–Trinajstić information content (AvgIpc) is 3.23. The molecule has 0 aliphatic carbocycles. The van der Waals surface area contributed by atoms with Crippen molar-refractivity contribution >= 4 is 35.0 Å². The molecule has 1 amide bonds. The summed E-state index contributed by atoms with van der Waals surface area (Å²) >= 11 is 6.82. The summed E-state index contributed by atoms with van der Waals surface area (Å²) < 4.78 is 41.4. The average molecular weight is 532 g/mol. The minimum absolute atomic E-state index is 0.00364. The van der Waals surface area contributed by atoms with Crippen molar-refractivity contribution in [2.24, 2.45) is 0 Å². The number of halogens is 4. The normalized spacial score (nSPS) is 12.4. The fourth-order valence-corrected chi connectivity index (χ4v) is 4.66. The number of aryl methyl sites for hydroxylation is 2. The number of carbonyl (C=O) groups is 1. The number of amides is 1. The molecule has 0 bridgehead atoms. The molecular weight excluding hydrogens is 511 g/mol. The summed E-state index contributed by atoms with van der Waals surface area (Å²) in [6.07, 6.45) is -1.30. The molecule has 36 heavy (non-hydrogen) atoms. The van der Waals surface area contributed by atoms with Gasteiger partial charge in [0.2, 0.25) is 5.91 Å².